The van der Waals surface area contributed by atoms with Gasteiger partial charge < -0.3 is 19.4 Å². The molecule has 1 aromatic heterocycles. The second kappa shape index (κ2) is 8.90. The molecular formula is C23H23BrClN2O2-. The van der Waals surface area contributed by atoms with Gasteiger partial charge in [0.2, 0.25) is 0 Å². The number of likely N-dealkylation sites (tertiary alicyclic amines) is 1. The van der Waals surface area contributed by atoms with E-state index >= 15 is 0 Å². The maximum atomic E-state index is 11.0. The number of hydrogen-bond donors (Lipinski definition) is 0. The molecule has 0 spiro atoms. The first-order chi connectivity index (χ1) is 14.0. The number of fused-ring (bicyclic) bond motifs is 1. The van der Waals surface area contributed by atoms with Crippen LogP contribution in [0.4, 0.5) is 0 Å². The first kappa shape index (κ1) is 20.5. The number of carbonyl (C=O) groups excluding carboxylic acids is 1. The van der Waals surface area contributed by atoms with Gasteiger partial charge in [-0.2, -0.15) is 0 Å². The molecule has 1 saturated heterocycles. The minimum absolute atomic E-state index is 0.0549. The van der Waals surface area contributed by atoms with E-state index in [1.165, 1.54) is 5.56 Å². The van der Waals surface area contributed by atoms with Gasteiger partial charge >= 0.3 is 0 Å². The Hall–Kier alpha value is -1.82. The molecule has 4 rings (SSSR count). The molecule has 0 aliphatic carbocycles. The van der Waals surface area contributed by atoms with Gasteiger partial charge in [0, 0.05) is 54.0 Å². The van der Waals surface area contributed by atoms with E-state index in [1.807, 2.05) is 36.4 Å². The molecule has 152 valence electrons. The summed E-state index contributed by atoms with van der Waals surface area (Å²) in [6.45, 7) is 3.14. The summed E-state index contributed by atoms with van der Waals surface area (Å²) in [5.41, 5.74) is 3.15. The van der Waals surface area contributed by atoms with Crippen molar-refractivity contribution < 1.29 is 9.90 Å². The first-order valence-electron chi connectivity index (χ1n) is 9.95. The maximum Gasteiger partial charge on any atom is 0.0860 e. The molecule has 3 aromatic rings. The molecule has 1 fully saturated rings. The number of aliphatic carboxylic acids is 1. The molecule has 1 aliphatic heterocycles. The average molecular weight is 475 g/mol. The summed E-state index contributed by atoms with van der Waals surface area (Å²) in [6.07, 6.45) is 3.10. The van der Waals surface area contributed by atoms with Crippen LogP contribution in [0.1, 0.15) is 30.0 Å². The number of carboxylic acids is 1. The number of carboxylic acid groups (broad SMARTS) is 1. The van der Waals surface area contributed by atoms with Crippen molar-refractivity contribution in [2.24, 2.45) is 0 Å². The third kappa shape index (κ3) is 4.85. The van der Waals surface area contributed by atoms with Crippen LogP contribution in [0.5, 0.6) is 0 Å². The summed E-state index contributed by atoms with van der Waals surface area (Å²) in [5.74, 6) is -1.05. The smallest absolute Gasteiger partial charge is 0.0860 e. The van der Waals surface area contributed by atoms with Crippen LogP contribution in [0, 0.1) is 0 Å². The summed E-state index contributed by atoms with van der Waals surface area (Å²) in [4.78, 5) is 13.5. The molecule has 0 saturated carbocycles. The summed E-state index contributed by atoms with van der Waals surface area (Å²) < 4.78 is 3.37. The third-order valence-electron chi connectivity index (χ3n) is 5.74. The summed E-state index contributed by atoms with van der Waals surface area (Å²) in [5, 5.41) is 12.9. The van der Waals surface area contributed by atoms with Crippen LogP contribution in [0.3, 0.4) is 0 Å². The van der Waals surface area contributed by atoms with E-state index in [0.29, 0.717) is 6.04 Å². The topological polar surface area (TPSA) is 48.3 Å². The second-order valence-electron chi connectivity index (χ2n) is 7.73. The number of nitrogens with zero attached hydrogens (tertiary/aromatic N) is 2. The lowest BCUT2D eigenvalue weighted by Gasteiger charge is -2.33. The number of hydrogen-bond acceptors (Lipinski definition) is 3. The van der Waals surface area contributed by atoms with E-state index < -0.39 is 5.97 Å². The lowest BCUT2D eigenvalue weighted by Crippen LogP contribution is -2.36. The Morgan fingerprint density at radius 2 is 1.90 bits per heavy atom. The van der Waals surface area contributed by atoms with E-state index in [2.05, 4.69) is 37.5 Å². The molecule has 2 heterocycles. The number of aromatic nitrogens is 1. The highest BCUT2D eigenvalue weighted by molar-refractivity contribution is 9.10. The zero-order chi connectivity index (χ0) is 20.4. The van der Waals surface area contributed by atoms with Gasteiger partial charge in [-0.05, 0) is 70.6 Å². The Morgan fingerprint density at radius 3 is 2.62 bits per heavy atom. The number of halogens is 2. The van der Waals surface area contributed by atoms with Crippen molar-refractivity contribution in [1.29, 1.82) is 0 Å². The lowest BCUT2D eigenvalue weighted by atomic mass is 10.0. The standard InChI is InChI=1S/C23H24BrClN2O2/c24-22-15-18-5-4-17(14-23(28)29)13-21(18)27(22)20-7-10-26(11-8-20)9-6-16-2-1-3-19(25)12-16/h1-5,12-13,15,20H,6-11,14H2,(H,28,29)/p-1. The molecule has 2 aromatic carbocycles. The SMILES string of the molecule is O=C([O-])Cc1ccc2cc(Br)n(C3CCN(CCc4cccc(Cl)c4)CC3)c2c1. The van der Waals surface area contributed by atoms with Gasteiger partial charge in [-0.25, -0.2) is 0 Å². The van der Waals surface area contributed by atoms with Gasteiger partial charge in [0.15, 0.2) is 0 Å². The van der Waals surface area contributed by atoms with E-state index in [4.69, 9.17) is 11.6 Å². The van der Waals surface area contributed by atoms with Gasteiger partial charge in [0.1, 0.15) is 0 Å². The minimum Gasteiger partial charge on any atom is -0.550 e. The van der Waals surface area contributed by atoms with Crippen molar-refractivity contribution in [3.8, 4) is 0 Å². The van der Waals surface area contributed by atoms with Crippen molar-refractivity contribution in [3.05, 3.63) is 69.3 Å². The van der Waals surface area contributed by atoms with E-state index in [-0.39, 0.29) is 6.42 Å². The first-order valence-corrected chi connectivity index (χ1v) is 11.1. The number of rotatable bonds is 6. The molecule has 0 bridgehead atoms. The number of benzene rings is 2. The fourth-order valence-electron chi connectivity index (χ4n) is 4.26. The molecule has 1 aliphatic rings. The van der Waals surface area contributed by atoms with Crippen LogP contribution in [0.2, 0.25) is 5.02 Å². The van der Waals surface area contributed by atoms with E-state index in [0.717, 1.165) is 65.0 Å². The maximum absolute atomic E-state index is 11.0. The average Bonchev–Trinajstić information content (AvgIpc) is 3.01. The van der Waals surface area contributed by atoms with Crippen molar-refractivity contribution in [3.63, 3.8) is 0 Å². The highest BCUT2D eigenvalue weighted by Gasteiger charge is 2.23. The molecule has 4 nitrogen and oxygen atoms in total. The van der Waals surface area contributed by atoms with Crippen LogP contribution in [-0.4, -0.2) is 35.1 Å². The Balaban J connectivity index is 1.43. The van der Waals surface area contributed by atoms with Crippen LogP contribution in [0.25, 0.3) is 10.9 Å². The largest absolute Gasteiger partial charge is 0.550 e. The second-order valence-corrected chi connectivity index (χ2v) is 8.98. The Labute approximate surface area is 184 Å². The lowest BCUT2D eigenvalue weighted by molar-refractivity contribution is -0.304. The molecule has 0 unspecified atom stereocenters. The Kier molecular flexibility index (Phi) is 6.28. The van der Waals surface area contributed by atoms with Crippen molar-refractivity contribution >= 4 is 44.4 Å². The molecule has 0 amide bonds. The van der Waals surface area contributed by atoms with Crippen LogP contribution in [-0.2, 0) is 17.6 Å². The summed E-state index contributed by atoms with van der Waals surface area (Å²) in [7, 11) is 0. The van der Waals surface area contributed by atoms with Crippen molar-refractivity contribution in [2.75, 3.05) is 19.6 Å². The Morgan fingerprint density at radius 1 is 1.10 bits per heavy atom. The molecular weight excluding hydrogens is 452 g/mol. The van der Waals surface area contributed by atoms with Crippen LogP contribution >= 0.6 is 27.5 Å². The summed E-state index contributed by atoms with van der Waals surface area (Å²) >= 11 is 9.80. The van der Waals surface area contributed by atoms with Crippen LogP contribution in [0.15, 0.2) is 53.1 Å². The van der Waals surface area contributed by atoms with Gasteiger partial charge in [-0.15, -0.1) is 0 Å². The number of piperidine rings is 1. The summed E-state index contributed by atoms with van der Waals surface area (Å²) in [6, 6.07) is 16.5. The quantitative estimate of drug-likeness (QED) is 0.537. The predicted octanol–water partition coefficient (Wildman–Crippen LogP) is 4.23. The normalized spacial score (nSPS) is 15.8. The molecule has 29 heavy (non-hydrogen) atoms. The van der Waals surface area contributed by atoms with E-state index in [1.54, 1.807) is 0 Å². The molecule has 0 radical (unpaired) electrons. The predicted molar refractivity (Wildman–Crippen MR) is 118 cm³/mol. The van der Waals surface area contributed by atoms with Crippen LogP contribution < -0.4 is 5.11 Å². The third-order valence-corrected chi connectivity index (χ3v) is 6.58. The fourth-order valence-corrected chi connectivity index (χ4v) is 5.20. The van der Waals surface area contributed by atoms with E-state index in [9.17, 15) is 9.90 Å². The van der Waals surface area contributed by atoms with Gasteiger partial charge in [0.25, 0.3) is 0 Å². The molecule has 0 atom stereocenters. The fraction of sp³-hybridized carbons (Fsp3) is 0.348. The molecule has 0 N–H and O–H groups in total. The zero-order valence-corrected chi connectivity index (χ0v) is 18.5. The Bertz CT molecular complexity index is 1020. The highest BCUT2D eigenvalue weighted by Crippen LogP contribution is 2.33. The van der Waals surface area contributed by atoms with Gasteiger partial charge in [-0.1, -0.05) is 35.9 Å². The van der Waals surface area contributed by atoms with Crippen molar-refractivity contribution in [2.45, 2.75) is 31.7 Å². The molecule has 6 heteroatoms. The van der Waals surface area contributed by atoms with Crippen molar-refractivity contribution in [1.82, 2.24) is 9.47 Å². The minimum atomic E-state index is -1.05. The van der Waals surface area contributed by atoms with Gasteiger partial charge in [0.05, 0.1) is 4.60 Å². The number of carbonyl (C=O) groups is 1. The van der Waals surface area contributed by atoms with Gasteiger partial charge in [-0.3, -0.25) is 0 Å². The highest BCUT2D eigenvalue weighted by atomic mass is 79.9. The monoisotopic (exact) mass is 473 g/mol. The zero-order valence-electron chi connectivity index (χ0n) is 16.1.